The second-order valence-corrected chi connectivity index (χ2v) is 6.82. The lowest BCUT2D eigenvalue weighted by Gasteiger charge is -2.26. The molecular weight excluding hydrogens is 376 g/mol. The molecule has 0 bridgehead atoms. The molecule has 0 unspecified atom stereocenters. The van der Waals surface area contributed by atoms with Gasteiger partial charge in [0.25, 0.3) is 6.02 Å². The first-order valence-electron chi connectivity index (χ1n) is 8.99. The third kappa shape index (κ3) is 3.18. The number of aromatic nitrogens is 1. The van der Waals surface area contributed by atoms with E-state index >= 15 is 0 Å². The zero-order valence-electron chi connectivity index (χ0n) is 15.9. The van der Waals surface area contributed by atoms with Gasteiger partial charge in [-0.15, -0.1) is 0 Å². The fourth-order valence-corrected chi connectivity index (χ4v) is 3.61. The number of amidine groups is 1. The highest BCUT2D eigenvalue weighted by Gasteiger charge is 2.40. The van der Waals surface area contributed by atoms with Crippen molar-refractivity contribution in [1.82, 2.24) is 4.98 Å². The molecule has 0 amide bonds. The minimum atomic E-state index is -0.984. The molecule has 2 N–H and O–H groups in total. The molecule has 0 fully saturated rings. The second kappa shape index (κ2) is 7.16. The number of aliphatic imine (C=N–C) groups is 1. The Labute approximate surface area is 166 Å². The average Bonchev–Trinajstić information content (AvgIpc) is 3.12. The Bertz CT molecular complexity index is 1120. The van der Waals surface area contributed by atoms with Crippen LogP contribution in [0.1, 0.15) is 16.7 Å². The number of pyridine rings is 1. The largest absolute Gasteiger partial charge is 0.496 e. The first-order valence-corrected chi connectivity index (χ1v) is 8.99. The summed E-state index contributed by atoms with van der Waals surface area (Å²) in [6.45, 7) is 2.06. The van der Waals surface area contributed by atoms with E-state index in [0.717, 1.165) is 16.9 Å². The highest BCUT2D eigenvalue weighted by atomic mass is 19.1. The monoisotopic (exact) mass is 395 g/mol. The molecule has 1 aromatic heterocycles. The van der Waals surface area contributed by atoms with Crippen LogP contribution in [0.2, 0.25) is 0 Å². The third-order valence-electron chi connectivity index (χ3n) is 5.10. The topological polar surface area (TPSA) is 69.7 Å². The lowest BCUT2D eigenvalue weighted by Crippen LogP contribution is -2.27. The molecule has 1 atom stereocenters. The Morgan fingerprint density at radius 3 is 2.48 bits per heavy atom. The fraction of sp³-hybridized carbons (Fsp3) is 0.182. The molecule has 0 saturated heterocycles. The summed E-state index contributed by atoms with van der Waals surface area (Å²) >= 11 is 0. The van der Waals surface area contributed by atoms with Crippen molar-refractivity contribution < 1.29 is 18.3 Å². The Morgan fingerprint density at radius 2 is 1.83 bits per heavy atom. The fourth-order valence-electron chi connectivity index (χ4n) is 3.61. The van der Waals surface area contributed by atoms with Crippen molar-refractivity contribution in [2.24, 2.45) is 10.7 Å². The van der Waals surface area contributed by atoms with Gasteiger partial charge in [0.15, 0.2) is 5.54 Å². The summed E-state index contributed by atoms with van der Waals surface area (Å²) in [5.74, 6) is -0.571. The van der Waals surface area contributed by atoms with Crippen molar-refractivity contribution >= 4 is 6.02 Å². The maximum Gasteiger partial charge on any atom is 0.283 e. The van der Waals surface area contributed by atoms with Crippen LogP contribution in [0.4, 0.5) is 8.78 Å². The first-order chi connectivity index (χ1) is 13.9. The number of hydrogen-bond acceptors (Lipinski definition) is 5. The number of aryl methyl sites for hydroxylation is 1. The Balaban J connectivity index is 1.91. The second-order valence-electron chi connectivity index (χ2n) is 6.82. The zero-order chi connectivity index (χ0) is 20.6. The van der Waals surface area contributed by atoms with E-state index in [1.165, 1.54) is 18.3 Å². The van der Waals surface area contributed by atoms with Crippen molar-refractivity contribution in [3.8, 4) is 16.9 Å². The van der Waals surface area contributed by atoms with Gasteiger partial charge in [0.05, 0.1) is 7.11 Å². The quantitative estimate of drug-likeness (QED) is 0.680. The van der Waals surface area contributed by atoms with Crippen molar-refractivity contribution in [3.63, 3.8) is 0 Å². The number of nitrogens with zero attached hydrogens (tertiary/aromatic N) is 2. The Kier molecular flexibility index (Phi) is 4.66. The molecule has 1 aliphatic rings. The van der Waals surface area contributed by atoms with Crippen molar-refractivity contribution in [2.75, 3.05) is 13.7 Å². The van der Waals surface area contributed by atoms with E-state index < -0.39 is 17.3 Å². The van der Waals surface area contributed by atoms with Crippen LogP contribution in [0.5, 0.6) is 5.75 Å². The van der Waals surface area contributed by atoms with Gasteiger partial charge < -0.3 is 15.2 Å². The van der Waals surface area contributed by atoms with E-state index in [1.807, 2.05) is 25.1 Å². The van der Waals surface area contributed by atoms with E-state index in [-0.39, 0.29) is 23.8 Å². The van der Waals surface area contributed by atoms with Gasteiger partial charge in [0, 0.05) is 17.3 Å². The highest BCUT2D eigenvalue weighted by Crippen LogP contribution is 2.41. The van der Waals surface area contributed by atoms with Gasteiger partial charge >= 0.3 is 0 Å². The molecule has 1 aliphatic heterocycles. The van der Waals surface area contributed by atoms with Gasteiger partial charge in [0.2, 0.25) is 5.95 Å². The Hall–Kier alpha value is -3.48. The predicted octanol–water partition coefficient (Wildman–Crippen LogP) is 3.93. The van der Waals surface area contributed by atoms with E-state index in [4.69, 9.17) is 15.2 Å². The Morgan fingerprint density at radius 1 is 1.07 bits per heavy atom. The number of rotatable bonds is 4. The van der Waals surface area contributed by atoms with Crippen molar-refractivity contribution in [1.29, 1.82) is 0 Å². The number of nitrogens with two attached hydrogens (primary N) is 1. The van der Waals surface area contributed by atoms with Gasteiger partial charge in [-0.2, -0.15) is 4.39 Å². The molecular formula is C22H19F2N3O2. The SMILES string of the molecule is COc1ccc([C@]2(c3ccc(F)c(-c4cccnc4F)c3)COC(N)=N2)cc1C. The summed E-state index contributed by atoms with van der Waals surface area (Å²) < 4.78 is 39.6. The number of benzene rings is 2. The molecule has 2 heterocycles. The smallest absolute Gasteiger partial charge is 0.283 e. The van der Waals surface area contributed by atoms with Crippen molar-refractivity contribution in [3.05, 3.63) is 83.2 Å². The minimum absolute atomic E-state index is 0.0388. The maximum atomic E-state index is 14.6. The number of halogens is 2. The van der Waals surface area contributed by atoms with Crippen LogP contribution in [-0.4, -0.2) is 24.7 Å². The number of hydrogen-bond donors (Lipinski definition) is 1. The molecule has 5 nitrogen and oxygen atoms in total. The summed E-state index contributed by atoms with van der Waals surface area (Å²) in [5.41, 5.74) is 7.37. The summed E-state index contributed by atoms with van der Waals surface area (Å²) in [6, 6.07) is 13.2. The molecule has 29 heavy (non-hydrogen) atoms. The maximum absolute atomic E-state index is 14.6. The molecule has 0 spiro atoms. The van der Waals surface area contributed by atoms with Crippen LogP contribution in [0.3, 0.4) is 0 Å². The standard InChI is InChI=1S/C22H19F2N3O2/c1-13-10-14(6-8-19(13)28-2)22(12-29-21(25)27-22)15-5-7-18(23)17(11-15)16-4-3-9-26-20(16)24/h3-11H,12H2,1-2H3,(H2,25,27)/t22-/m0/s1. The normalized spacial score (nSPS) is 18.3. The van der Waals surface area contributed by atoms with Crippen LogP contribution >= 0.6 is 0 Å². The lowest BCUT2D eigenvalue weighted by atomic mass is 9.82. The summed E-state index contributed by atoms with van der Waals surface area (Å²) in [7, 11) is 1.60. The van der Waals surface area contributed by atoms with Crippen LogP contribution in [0, 0.1) is 18.7 Å². The lowest BCUT2D eigenvalue weighted by molar-refractivity contribution is 0.278. The summed E-state index contributed by atoms with van der Waals surface area (Å²) in [4.78, 5) is 8.17. The molecule has 0 saturated carbocycles. The average molecular weight is 395 g/mol. The minimum Gasteiger partial charge on any atom is -0.496 e. The van der Waals surface area contributed by atoms with Crippen LogP contribution in [0.15, 0.2) is 59.7 Å². The van der Waals surface area contributed by atoms with E-state index in [9.17, 15) is 8.78 Å². The predicted molar refractivity (Wildman–Crippen MR) is 106 cm³/mol. The third-order valence-corrected chi connectivity index (χ3v) is 5.10. The van der Waals surface area contributed by atoms with Crippen LogP contribution in [0.25, 0.3) is 11.1 Å². The van der Waals surface area contributed by atoms with Crippen LogP contribution in [-0.2, 0) is 10.3 Å². The molecule has 7 heteroatoms. The zero-order valence-corrected chi connectivity index (χ0v) is 15.9. The molecule has 0 aliphatic carbocycles. The van der Waals surface area contributed by atoms with E-state index in [2.05, 4.69) is 9.98 Å². The van der Waals surface area contributed by atoms with E-state index in [0.29, 0.717) is 5.56 Å². The molecule has 148 valence electrons. The number of ether oxygens (including phenoxy) is 2. The van der Waals surface area contributed by atoms with Gasteiger partial charge in [-0.25, -0.2) is 14.4 Å². The van der Waals surface area contributed by atoms with Gasteiger partial charge in [-0.3, -0.25) is 0 Å². The van der Waals surface area contributed by atoms with Crippen molar-refractivity contribution in [2.45, 2.75) is 12.5 Å². The van der Waals surface area contributed by atoms with Gasteiger partial charge in [0.1, 0.15) is 18.2 Å². The van der Waals surface area contributed by atoms with Gasteiger partial charge in [-0.05, 0) is 60.0 Å². The highest BCUT2D eigenvalue weighted by molar-refractivity contribution is 5.76. The first kappa shape index (κ1) is 18.9. The number of methoxy groups -OCH3 is 1. The summed E-state index contributed by atoms with van der Waals surface area (Å²) in [5, 5.41) is 0. The molecule has 4 rings (SSSR count). The molecule has 3 aromatic rings. The van der Waals surface area contributed by atoms with Crippen LogP contribution < -0.4 is 10.5 Å². The summed E-state index contributed by atoms with van der Waals surface area (Å²) in [6.07, 6.45) is 1.32. The molecule has 2 aromatic carbocycles. The van der Waals surface area contributed by atoms with Gasteiger partial charge in [-0.1, -0.05) is 12.1 Å². The van der Waals surface area contributed by atoms with E-state index in [1.54, 1.807) is 25.3 Å². The molecule has 0 radical (unpaired) electrons.